The van der Waals surface area contributed by atoms with E-state index in [1.54, 1.807) is 0 Å². The highest BCUT2D eigenvalue weighted by Crippen LogP contribution is 2.29. The van der Waals surface area contributed by atoms with Gasteiger partial charge in [0.2, 0.25) is 0 Å². The Hall–Kier alpha value is -0.180. The van der Waals surface area contributed by atoms with E-state index in [1.807, 2.05) is 17.8 Å². The lowest BCUT2D eigenvalue weighted by Gasteiger charge is -2.08. The summed E-state index contributed by atoms with van der Waals surface area (Å²) in [6.07, 6.45) is 1.27. The molecule has 76 valence electrons. The summed E-state index contributed by atoms with van der Waals surface area (Å²) in [7, 11) is 0. The maximum absolute atomic E-state index is 5.98. The van der Waals surface area contributed by atoms with Gasteiger partial charge in [0.15, 0.2) is 0 Å². The highest BCUT2D eigenvalue weighted by Gasteiger charge is 2.15. The quantitative estimate of drug-likeness (QED) is 0.834. The minimum atomic E-state index is 0.732. The average Bonchev–Trinajstić information content (AvgIpc) is 2.64. The second-order valence-corrected chi connectivity index (χ2v) is 5.42. The molecule has 1 aromatic carbocycles. The van der Waals surface area contributed by atoms with Crippen molar-refractivity contribution in [1.82, 2.24) is 5.32 Å². The Labute approximate surface area is 94.2 Å². The van der Waals surface area contributed by atoms with Crippen molar-refractivity contribution in [3.63, 3.8) is 0 Å². The first-order valence-corrected chi connectivity index (χ1v) is 6.15. The molecule has 1 N–H and O–H groups in total. The van der Waals surface area contributed by atoms with Crippen LogP contribution >= 0.6 is 23.4 Å². The molecule has 1 aliphatic rings. The highest BCUT2D eigenvalue weighted by molar-refractivity contribution is 8.00. The van der Waals surface area contributed by atoms with Crippen molar-refractivity contribution in [2.45, 2.75) is 23.5 Å². The summed E-state index contributed by atoms with van der Waals surface area (Å²) in [6.45, 7) is 4.34. The van der Waals surface area contributed by atoms with Gasteiger partial charge < -0.3 is 5.32 Å². The zero-order valence-electron chi connectivity index (χ0n) is 8.22. The maximum atomic E-state index is 5.98. The van der Waals surface area contributed by atoms with Gasteiger partial charge in [-0.25, -0.2) is 0 Å². The van der Waals surface area contributed by atoms with Crippen LogP contribution in [0.15, 0.2) is 23.1 Å². The predicted octanol–water partition coefficient (Wildman–Crippen LogP) is 3.10. The van der Waals surface area contributed by atoms with Crippen LogP contribution in [-0.2, 0) is 0 Å². The Bertz CT molecular complexity index is 321. The number of hydrogen-bond donors (Lipinski definition) is 1. The summed E-state index contributed by atoms with van der Waals surface area (Å²) >= 11 is 7.93. The molecule has 3 heteroatoms. The molecule has 1 aliphatic heterocycles. The maximum Gasteiger partial charge on any atom is 0.0435 e. The van der Waals surface area contributed by atoms with E-state index in [9.17, 15) is 0 Å². The van der Waals surface area contributed by atoms with Gasteiger partial charge in [-0.3, -0.25) is 0 Å². The summed E-state index contributed by atoms with van der Waals surface area (Å²) in [4.78, 5) is 1.33. The Morgan fingerprint density at radius 2 is 2.36 bits per heavy atom. The molecule has 0 spiro atoms. The van der Waals surface area contributed by atoms with E-state index >= 15 is 0 Å². The SMILES string of the molecule is Cc1cc(SC2CCNC2)ccc1Cl. The summed E-state index contributed by atoms with van der Waals surface area (Å²) in [5.41, 5.74) is 1.17. The Balaban J connectivity index is 2.05. The molecule has 0 bridgehead atoms. The first-order valence-electron chi connectivity index (χ1n) is 4.89. The largest absolute Gasteiger partial charge is 0.316 e. The second kappa shape index (κ2) is 4.56. The van der Waals surface area contributed by atoms with Crippen molar-refractivity contribution in [2.24, 2.45) is 0 Å². The summed E-state index contributed by atoms with van der Waals surface area (Å²) in [5.74, 6) is 0. The number of hydrogen-bond acceptors (Lipinski definition) is 2. The fourth-order valence-electron chi connectivity index (χ4n) is 1.61. The van der Waals surface area contributed by atoms with E-state index in [4.69, 9.17) is 11.6 Å². The van der Waals surface area contributed by atoms with Gasteiger partial charge in [0, 0.05) is 21.7 Å². The number of nitrogens with one attached hydrogen (secondary N) is 1. The minimum Gasteiger partial charge on any atom is -0.316 e. The lowest BCUT2D eigenvalue weighted by molar-refractivity contribution is 0.858. The normalized spacial score (nSPS) is 21.4. The van der Waals surface area contributed by atoms with Crippen LogP contribution in [0.1, 0.15) is 12.0 Å². The third-order valence-electron chi connectivity index (χ3n) is 2.45. The van der Waals surface area contributed by atoms with Gasteiger partial charge in [0.05, 0.1) is 0 Å². The predicted molar refractivity (Wildman–Crippen MR) is 63.3 cm³/mol. The average molecular weight is 228 g/mol. The van der Waals surface area contributed by atoms with Crippen LogP contribution in [0.4, 0.5) is 0 Å². The number of benzene rings is 1. The summed E-state index contributed by atoms with van der Waals surface area (Å²) < 4.78 is 0. The molecule has 0 radical (unpaired) electrons. The smallest absolute Gasteiger partial charge is 0.0435 e. The topological polar surface area (TPSA) is 12.0 Å². The molecule has 0 aromatic heterocycles. The fourth-order valence-corrected chi connectivity index (χ4v) is 2.94. The monoisotopic (exact) mass is 227 g/mol. The van der Waals surface area contributed by atoms with Gasteiger partial charge in [-0.15, -0.1) is 11.8 Å². The number of halogens is 1. The zero-order chi connectivity index (χ0) is 9.97. The molecule has 1 unspecified atom stereocenters. The Kier molecular flexibility index (Phi) is 3.37. The number of rotatable bonds is 2. The molecule has 1 nitrogen and oxygen atoms in total. The van der Waals surface area contributed by atoms with Crippen molar-refractivity contribution >= 4 is 23.4 Å². The van der Waals surface area contributed by atoms with Crippen LogP contribution in [0, 0.1) is 6.92 Å². The van der Waals surface area contributed by atoms with E-state index < -0.39 is 0 Å². The van der Waals surface area contributed by atoms with Gasteiger partial charge in [-0.1, -0.05) is 11.6 Å². The van der Waals surface area contributed by atoms with Crippen molar-refractivity contribution < 1.29 is 0 Å². The second-order valence-electron chi connectivity index (χ2n) is 3.64. The lowest BCUT2D eigenvalue weighted by atomic mass is 10.2. The van der Waals surface area contributed by atoms with Crippen molar-refractivity contribution in [3.05, 3.63) is 28.8 Å². The van der Waals surface area contributed by atoms with Gasteiger partial charge >= 0.3 is 0 Å². The highest BCUT2D eigenvalue weighted by atomic mass is 35.5. The van der Waals surface area contributed by atoms with E-state index in [2.05, 4.69) is 24.4 Å². The zero-order valence-corrected chi connectivity index (χ0v) is 9.79. The number of thioether (sulfide) groups is 1. The van der Waals surface area contributed by atoms with Gasteiger partial charge in [-0.2, -0.15) is 0 Å². The van der Waals surface area contributed by atoms with Crippen LogP contribution in [0.25, 0.3) is 0 Å². The summed E-state index contributed by atoms with van der Waals surface area (Å²) in [5, 5.41) is 4.96. The molecular weight excluding hydrogens is 214 g/mol. The first kappa shape index (κ1) is 10.3. The standard InChI is InChI=1S/C11H14ClNS/c1-8-6-9(2-3-11(8)12)14-10-4-5-13-7-10/h2-3,6,10,13H,4-5,7H2,1H3. The molecule has 1 atom stereocenters. The van der Waals surface area contributed by atoms with Crippen LogP contribution in [0.5, 0.6) is 0 Å². The summed E-state index contributed by atoms with van der Waals surface area (Å²) in [6, 6.07) is 6.27. The van der Waals surface area contributed by atoms with Crippen LogP contribution in [0.3, 0.4) is 0 Å². The van der Waals surface area contributed by atoms with E-state index in [0.29, 0.717) is 0 Å². The van der Waals surface area contributed by atoms with Crippen LogP contribution in [0.2, 0.25) is 5.02 Å². The van der Waals surface area contributed by atoms with Crippen molar-refractivity contribution in [2.75, 3.05) is 13.1 Å². The van der Waals surface area contributed by atoms with Crippen LogP contribution < -0.4 is 5.32 Å². The Morgan fingerprint density at radius 1 is 1.50 bits per heavy atom. The minimum absolute atomic E-state index is 0.732. The molecule has 1 aromatic rings. The third-order valence-corrected chi connectivity index (χ3v) is 4.13. The van der Waals surface area contributed by atoms with Crippen LogP contribution in [-0.4, -0.2) is 18.3 Å². The van der Waals surface area contributed by atoms with E-state index in [0.717, 1.165) is 23.4 Å². The van der Waals surface area contributed by atoms with Gasteiger partial charge in [0.25, 0.3) is 0 Å². The molecule has 14 heavy (non-hydrogen) atoms. The molecule has 2 rings (SSSR count). The van der Waals surface area contributed by atoms with Gasteiger partial charge in [0.1, 0.15) is 0 Å². The fraction of sp³-hybridized carbons (Fsp3) is 0.455. The van der Waals surface area contributed by atoms with E-state index in [1.165, 1.54) is 16.9 Å². The molecule has 0 aliphatic carbocycles. The third kappa shape index (κ3) is 2.44. The first-order chi connectivity index (χ1) is 6.75. The molecule has 0 saturated carbocycles. The van der Waals surface area contributed by atoms with Crippen molar-refractivity contribution in [1.29, 1.82) is 0 Å². The molecule has 1 saturated heterocycles. The lowest BCUT2D eigenvalue weighted by Crippen LogP contribution is -2.09. The molecule has 0 amide bonds. The van der Waals surface area contributed by atoms with E-state index in [-0.39, 0.29) is 0 Å². The molecular formula is C11H14ClNS. The van der Waals surface area contributed by atoms with Gasteiger partial charge in [-0.05, 0) is 43.7 Å². The Morgan fingerprint density at radius 3 is 3.00 bits per heavy atom. The molecule has 1 fully saturated rings. The molecule has 1 heterocycles. The van der Waals surface area contributed by atoms with Crippen molar-refractivity contribution in [3.8, 4) is 0 Å². The number of aryl methyl sites for hydroxylation is 1.